The van der Waals surface area contributed by atoms with Gasteiger partial charge in [0.2, 0.25) is 0 Å². The van der Waals surface area contributed by atoms with E-state index in [0.717, 1.165) is 16.9 Å². The summed E-state index contributed by atoms with van der Waals surface area (Å²) in [4.78, 5) is 0. The predicted molar refractivity (Wildman–Crippen MR) is 76.2 cm³/mol. The summed E-state index contributed by atoms with van der Waals surface area (Å²) in [5.74, 6) is 6.31. The second kappa shape index (κ2) is 6.84. The Kier molecular flexibility index (Phi) is 4.85. The lowest BCUT2D eigenvalue weighted by Gasteiger charge is -2.08. The van der Waals surface area contributed by atoms with Crippen LogP contribution in [0.5, 0.6) is 5.75 Å². The summed E-state index contributed by atoms with van der Waals surface area (Å²) >= 11 is 5.81. The molecule has 0 atom stereocenters. The highest BCUT2D eigenvalue weighted by molar-refractivity contribution is 6.30. The smallest absolute Gasteiger partial charge is 0.119 e. The molecule has 0 unspecified atom stereocenters. The molecule has 3 heteroatoms. The third-order valence-corrected chi connectivity index (χ3v) is 2.78. The number of hydrogen-bond acceptors (Lipinski definition) is 2. The van der Waals surface area contributed by atoms with Crippen LogP contribution in [0.4, 0.5) is 0 Å². The number of rotatable bonds is 3. The topological polar surface area (TPSA) is 29.5 Å². The zero-order chi connectivity index (χ0) is 13.5. The molecule has 0 saturated carbocycles. The second-order valence-electron chi connectivity index (χ2n) is 3.86. The first-order valence-electron chi connectivity index (χ1n) is 5.85. The number of aliphatic hydroxyl groups excluding tert-OH is 1. The summed E-state index contributed by atoms with van der Waals surface area (Å²) in [5, 5.41) is 9.42. The van der Waals surface area contributed by atoms with E-state index >= 15 is 0 Å². The Balaban J connectivity index is 2.09. The molecule has 0 aliphatic carbocycles. The molecule has 0 bridgehead atoms. The summed E-state index contributed by atoms with van der Waals surface area (Å²) in [6, 6.07) is 14.9. The summed E-state index contributed by atoms with van der Waals surface area (Å²) in [6.45, 7) is 0.282. The molecule has 2 rings (SSSR count). The van der Waals surface area contributed by atoms with Crippen molar-refractivity contribution in [2.75, 3.05) is 6.61 Å². The number of halogens is 1. The molecule has 0 heterocycles. The quantitative estimate of drug-likeness (QED) is 0.869. The lowest BCUT2D eigenvalue weighted by molar-refractivity contribution is 0.306. The van der Waals surface area contributed by atoms with Gasteiger partial charge >= 0.3 is 0 Å². The molecular formula is C16H13ClO2. The fourth-order valence-electron chi connectivity index (χ4n) is 1.59. The third-order valence-electron chi connectivity index (χ3n) is 2.53. The molecule has 0 aromatic heterocycles. The van der Waals surface area contributed by atoms with E-state index in [-0.39, 0.29) is 6.61 Å². The second-order valence-corrected chi connectivity index (χ2v) is 4.30. The van der Waals surface area contributed by atoms with Crippen molar-refractivity contribution in [3.8, 4) is 17.6 Å². The number of benzene rings is 2. The van der Waals surface area contributed by atoms with Gasteiger partial charge in [-0.05, 0) is 30.3 Å². The van der Waals surface area contributed by atoms with Gasteiger partial charge in [0.1, 0.15) is 19.0 Å². The van der Waals surface area contributed by atoms with E-state index in [1.54, 1.807) is 12.1 Å². The molecule has 1 N–H and O–H groups in total. The standard InChI is InChI=1S/C16H13ClO2/c17-15-7-9-16(10-8-15)19-12-14-5-2-1-4-13(14)6-3-11-18/h1-2,4-5,7-10,18H,11-12H2. The maximum absolute atomic E-state index is 8.74. The van der Waals surface area contributed by atoms with Crippen molar-refractivity contribution in [3.05, 3.63) is 64.7 Å². The Labute approximate surface area is 117 Å². The van der Waals surface area contributed by atoms with Crippen LogP contribution in [0.15, 0.2) is 48.5 Å². The zero-order valence-corrected chi connectivity index (χ0v) is 11.0. The predicted octanol–water partition coefficient (Wildman–Crippen LogP) is 3.26. The molecule has 19 heavy (non-hydrogen) atoms. The van der Waals surface area contributed by atoms with Gasteiger partial charge in [0, 0.05) is 16.1 Å². The van der Waals surface area contributed by atoms with Crippen molar-refractivity contribution in [2.24, 2.45) is 0 Å². The summed E-state index contributed by atoms with van der Waals surface area (Å²) in [6.07, 6.45) is 0. The van der Waals surface area contributed by atoms with Crippen molar-refractivity contribution in [3.63, 3.8) is 0 Å². The van der Waals surface area contributed by atoms with E-state index in [4.69, 9.17) is 21.4 Å². The van der Waals surface area contributed by atoms with Crippen molar-refractivity contribution in [1.29, 1.82) is 0 Å². The van der Waals surface area contributed by atoms with Crippen LogP contribution in [0, 0.1) is 11.8 Å². The van der Waals surface area contributed by atoms with Gasteiger partial charge < -0.3 is 9.84 Å². The zero-order valence-electron chi connectivity index (χ0n) is 10.3. The van der Waals surface area contributed by atoms with Crippen molar-refractivity contribution < 1.29 is 9.84 Å². The minimum atomic E-state index is -0.146. The Hall–Kier alpha value is -1.95. The van der Waals surface area contributed by atoms with Gasteiger partial charge in [-0.25, -0.2) is 0 Å². The van der Waals surface area contributed by atoms with Gasteiger partial charge in [0.25, 0.3) is 0 Å². The van der Waals surface area contributed by atoms with Gasteiger partial charge in [0.15, 0.2) is 0 Å². The number of hydrogen-bond donors (Lipinski definition) is 1. The minimum absolute atomic E-state index is 0.146. The first-order chi connectivity index (χ1) is 9.29. The fourth-order valence-corrected chi connectivity index (χ4v) is 1.72. The number of aliphatic hydroxyl groups is 1. The third kappa shape index (κ3) is 4.03. The normalized spacial score (nSPS) is 9.58. The Morgan fingerprint density at radius 3 is 2.53 bits per heavy atom. The SMILES string of the molecule is OCC#Cc1ccccc1COc1ccc(Cl)cc1. The summed E-state index contributed by atoms with van der Waals surface area (Å²) in [5.41, 5.74) is 1.85. The highest BCUT2D eigenvalue weighted by atomic mass is 35.5. The lowest BCUT2D eigenvalue weighted by Crippen LogP contribution is -1.98. The monoisotopic (exact) mass is 272 g/mol. The molecule has 0 spiro atoms. The molecule has 0 saturated heterocycles. The maximum Gasteiger partial charge on any atom is 0.119 e. The van der Waals surface area contributed by atoms with E-state index in [1.165, 1.54) is 0 Å². The summed E-state index contributed by atoms with van der Waals surface area (Å²) < 4.78 is 5.68. The van der Waals surface area contributed by atoms with Crippen LogP contribution < -0.4 is 4.74 Å². The molecule has 0 fully saturated rings. The van der Waals surface area contributed by atoms with E-state index in [2.05, 4.69) is 11.8 Å². The first kappa shape index (κ1) is 13.5. The lowest BCUT2D eigenvalue weighted by atomic mass is 10.1. The largest absolute Gasteiger partial charge is 0.489 e. The molecule has 2 nitrogen and oxygen atoms in total. The van der Waals surface area contributed by atoms with Crippen LogP contribution in [-0.4, -0.2) is 11.7 Å². The Morgan fingerprint density at radius 2 is 1.79 bits per heavy atom. The van der Waals surface area contributed by atoms with Crippen LogP contribution in [0.3, 0.4) is 0 Å². The molecule has 0 radical (unpaired) electrons. The van der Waals surface area contributed by atoms with E-state index in [9.17, 15) is 0 Å². The minimum Gasteiger partial charge on any atom is -0.489 e. The van der Waals surface area contributed by atoms with Gasteiger partial charge in [-0.15, -0.1) is 0 Å². The van der Waals surface area contributed by atoms with E-state index in [1.807, 2.05) is 36.4 Å². The van der Waals surface area contributed by atoms with Crippen LogP contribution in [0.1, 0.15) is 11.1 Å². The molecule has 0 aliphatic heterocycles. The van der Waals surface area contributed by atoms with Crippen molar-refractivity contribution in [2.45, 2.75) is 6.61 Å². The molecule has 2 aromatic rings. The average Bonchev–Trinajstić information content (AvgIpc) is 2.45. The first-order valence-corrected chi connectivity index (χ1v) is 6.23. The summed E-state index contributed by atoms with van der Waals surface area (Å²) in [7, 11) is 0. The van der Waals surface area contributed by atoms with Gasteiger partial charge in [-0.3, -0.25) is 0 Å². The van der Waals surface area contributed by atoms with Gasteiger partial charge in [-0.2, -0.15) is 0 Å². The van der Waals surface area contributed by atoms with E-state index < -0.39 is 0 Å². The van der Waals surface area contributed by atoms with Crippen LogP contribution in [0.25, 0.3) is 0 Å². The average molecular weight is 273 g/mol. The van der Waals surface area contributed by atoms with E-state index in [0.29, 0.717) is 11.6 Å². The van der Waals surface area contributed by atoms with Crippen LogP contribution >= 0.6 is 11.6 Å². The van der Waals surface area contributed by atoms with Crippen LogP contribution in [-0.2, 0) is 6.61 Å². The molecule has 96 valence electrons. The molecular weight excluding hydrogens is 260 g/mol. The molecule has 0 aliphatic rings. The van der Waals surface area contributed by atoms with Crippen LogP contribution in [0.2, 0.25) is 5.02 Å². The number of ether oxygens (including phenoxy) is 1. The molecule has 2 aromatic carbocycles. The van der Waals surface area contributed by atoms with Gasteiger partial charge in [-0.1, -0.05) is 41.6 Å². The van der Waals surface area contributed by atoms with Crippen molar-refractivity contribution >= 4 is 11.6 Å². The fraction of sp³-hybridized carbons (Fsp3) is 0.125. The van der Waals surface area contributed by atoms with Crippen molar-refractivity contribution in [1.82, 2.24) is 0 Å². The highest BCUT2D eigenvalue weighted by Gasteiger charge is 2.00. The maximum atomic E-state index is 8.74. The highest BCUT2D eigenvalue weighted by Crippen LogP contribution is 2.17. The van der Waals surface area contributed by atoms with Gasteiger partial charge in [0.05, 0.1) is 0 Å². The Morgan fingerprint density at radius 1 is 1.05 bits per heavy atom. The Bertz CT molecular complexity index is 594. The molecule has 0 amide bonds.